The van der Waals surface area contributed by atoms with Gasteiger partial charge in [0.05, 0.1) is 0 Å². The SMILES string of the molecule is Cc1nc(N2CCC(c3ccnc(N)n3)CC2)n(C)n1. The Morgan fingerprint density at radius 1 is 1.25 bits per heavy atom. The van der Waals surface area contributed by atoms with E-state index in [0.29, 0.717) is 11.9 Å². The summed E-state index contributed by atoms with van der Waals surface area (Å²) in [6, 6.07) is 1.96. The van der Waals surface area contributed by atoms with Crippen molar-refractivity contribution in [1.29, 1.82) is 0 Å². The molecule has 0 unspecified atom stereocenters. The van der Waals surface area contributed by atoms with Gasteiger partial charge in [0.25, 0.3) is 0 Å². The maximum absolute atomic E-state index is 5.65. The number of hydrogen-bond acceptors (Lipinski definition) is 6. The summed E-state index contributed by atoms with van der Waals surface area (Å²) in [6.45, 7) is 3.83. The number of anilines is 2. The number of aryl methyl sites for hydroxylation is 2. The zero-order chi connectivity index (χ0) is 14.1. The molecule has 0 bridgehead atoms. The first-order valence-corrected chi connectivity index (χ1v) is 6.84. The highest BCUT2D eigenvalue weighted by molar-refractivity contribution is 5.32. The quantitative estimate of drug-likeness (QED) is 0.874. The number of nitrogens with zero attached hydrogens (tertiary/aromatic N) is 6. The fraction of sp³-hybridized carbons (Fsp3) is 0.538. The molecule has 0 spiro atoms. The van der Waals surface area contributed by atoms with Crippen LogP contribution < -0.4 is 10.6 Å². The summed E-state index contributed by atoms with van der Waals surface area (Å²) < 4.78 is 1.85. The van der Waals surface area contributed by atoms with Gasteiger partial charge >= 0.3 is 0 Å². The molecule has 0 saturated carbocycles. The van der Waals surface area contributed by atoms with Crippen LogP contribution in [0.4, 0.5) is 11.9 Å². The van der Waals surface area contributed by atoms with E-state index in [4.69, 9.17) is 5.73 Å². The monoisotopic (exact) mass is 273 g/mol. The lowest BCUT2D eigenvalue weighted by molar-refractivity contribution is 0.485. The first-order chi connectivity index (χ1) is 9.63. The van der Waals surface area contributed by atoms with Crippen LogP contribution in [0.3, 0.4) is 0 Å². The van der Waals surface area contributed by atoms with Crippen molar-refractivity contribution in [1.82, 2.24) is 24.7 Å². The van der Waals surface area contributed by atoms with E-state index >= 15 is 0 Å². The first kappa shape index (κ1) is 12.8. The average Bonchev–Trinajstić information content (AvgIpc) is 2.78. The molecule has 1 saturated heterocycles. The zero-order valence-corrected chi connectivity index (χ0v) is 11.8. The van der Waals surface area contributed by atoms with Crippen LogP contribution >= 0.6 is 0 Å². The predicted octanol–water partition coefficient (Wildman–Crippen LogP) is 0.880. The molecule has 2 aromatic heterocycles. The van der Waals surface area contributed by atoms with Crippen LogP contribution in [0, 0.1) is 6.92 Å². The van der Waals surface area contributed by atoms with Crippen LogP contribution in [-0.4, -0.2) is 37.8 Å². The lowest BCUT2D eigenvalue weighted by Crippen LogP contribution is -2.35. The highest BCUT2D eigenvalue weighted by Crippen LogP contribution is 2.28. The van der Waals surface area contributed by atoms with Crippen molar-refractivity contribution in [3.8, 4) is 0 Å². The van der Waals surface area contributed by atoms with Gasteiger partial charge in [0.2, 0.25) is 11.9 Å². The normalized spacial score (nSPS) is 16.6. The molecule has 0 aliphatic carbocycles. The molecule has 3 heterocycles. The molecule has 2 aromatic rings. The molecule has 1 fully saturated rings. The van der Waals surface area contributed by atoms with Crippen molar-refractivity contribution >= 4 is 11.9 Å². The molecule has 7 heteroatoms. The Balaban J connectivity index is 1.69. The van der Waals surface area contributed by atoms with E-state index < -0.39 is 0 Å². The van der Waals surface area contributed by atoms with Crippen molar-refractivity contribution < 1.29 is 0 Å². The Bertz CT molecular complexity index is 599. The second-order valence-corrected chi connectivity index (χ2v) is 5.18. The molecule has 20 heavy (non-hydrogen) atoms. The summed E-state index contributed by atoms with van der Waals surface area (Å²) in [6.07, 6.45) is 3.82. The fourth-order valence-electron chi connectivity index (χ4n) is 2.77. The molecule has 0 atom stereocenters. The van der Waals surface area contributed by atoms with Gasteiger partial charge < -0.3 is 10.6 Å². The average molecular weight is 273 g/mol. The van der Waals surface area contributed by atoms with Gasteiger partial charge in [0.15, 0.2) is 0 Å². The van der Waals surface area contributed by atoms with Gasteiger partial charge in [0, 0.05) is 37.9 Å². The highest BCUT2D eigenvalue weighted by atomic mass is 15.4. The summed E-state index contributed by atoms with van der Waals surface area (Å²) >= 11 is 0. The van der Waals surface area contributed by atoms with E-state index in [1.54, 1.807) is 6.20 Å². The Labute approximate surface area is 117 Å². The minimum absolute atomic E-state index is 0.355. The topological polar surface area (TPSA) is 85.8 Å². The molecule has 1 aliphatic rings. The van der Waals surface area contributed by atoms with Crippen LogP contribution in [-0.2, 0) is 7.05 Å². The van der Waals surface area contributed by atoms with Gasteiger partial charge in [0.1, 0.15) is 5.82 Å². The van der Waals surface area contributed by atoms with E-state index in [0.717, 1.165) is 43.4 Å². The third-order valence-corrected chi connectivity index (χ3v) is 3.74. The number of piperidine rings is 1. The Morgan fingerprint density at radius 2 is 2.00 bits per heavy atom. The lowest BCUT2D eigenvalue weighted by atomic mass is 9.93. The van der Waals surface area contributed by atoms with Crippen LogP contribution in [0.1, 0.15) is 30.3 Å². The van der Waals surface area contributed by atoms with Crippen molar-refractivity contribution in [3.05, 3.63) is 23.8 Å². The molecular formula is C13H19N7. The van der Waals surface area contributed by atoms with Gasteiger partial charge in [-0.2, -0.15) is 10.1 Å². The van der Waals surface area contributed by atoms with Gasteiger partial charge in [-0.05, 0) is 25.8 Å². The van der Waals surface area contributed by atoms with E-state index in [2.05, 4.69) is 25.0 Å². The molecule has 2 N–H and O–H groups in total. The summed E-state index contributed by atoms with van der Waals surface area (Å²) in [4.78, 5) is 15.0. The number of aromatic nitrogens is 5. The van der Waals surface area contributed by atoms with Gasteiger partial charge in [-0.15, -0.1) is 0 Å². The molecule has 106 valence electrons. The summed E-state index contributed by atoms with van der Waals surface area (Å²) in [7, 11) is 1.94. The minimum atomic E-state index is 0.355. The van der Waals surface area contributed by atoms with Crippen LogP contribution in [0.2, 0.25) is 0 Å². The van der Waals surface area contributed by atoms with E-state index in [1.165, 1.54) is 0 Å². The fourth-order valence-corrected chi connectivity index (χ4v) is 2.77. The molecule has 0 amide bonds. The zero-order valence-electron chi connectivity index (χ0n) is 11.8. The second-order valence-electron chi connectivity index (χ2n) is 5.18. The maximum Gasteiger partial charge on any atom is 0.223 e. The van der Waals surface area contributed by atoms with Crippen molar-refractivity contribution in [2.45, 2.75) is 25.7 Å². The largest absolute Gasteiger partial charge is 0.368 e. The Hall–Kier alpha value is -2.18. The van der Waals surface area contributed by atoms with Crippen molar-refractivity contribution in [2.75, 3.05) is 23.7 Å². The van der Waals surface area contributed by atoms with E-state index in [-0.39, 0.29) is 0 Å². The Kier molecular flexibility index (Phi) is 3.25. The maximum atomic E-state index is 5.65. The van der Waals surface area contributed by atoms with Crippen LogP contribution in [0.5, 0.6) is 0 Å². The summed E-state index contributed by atoms with van der Waals surface area (Å²) in [5.74, 6) is 2.57. The summed E-state index contributed by atoms with van der Waals surface area (Å²) in [5.41, 5.74) is 6.70. The van der Waals surface area contributed by atoms with Gasteiger partial charge in [-0.3, -0.25) is 0 Å². The standard InChI is InChI=1S/C13H19N7/c1-9-16-13(19(2)18-9)20-7-4-10(5-8-20)11-3-6-15-12(14)17-11/h3,6,10H,4-5,7-8H2,1-2H3,(H2,14,15,17). The highest BCUT2D eigenvalue weighted by Gasteiger charge is 2.24. The number of nitrogens with two attached hydrogens (primary N) is 1. The third-order valence-electron chi connectivity index (χ3n) is 3.74. The summed E-state index contributed by atoms with van der Waals surface area (Å²) in [5, 5.41) is 4.30. The van der Waals surface area contributed by atoms with Crippen LogP contribution in [0.15, 0.2) is 12.3 Å². The van der Waals surface area contributed by atoms with E-state index in [1.807, 2.05) is 24.7 Å². The van der Waals surface area contributed by atoms with Crippen molar-refractivity contribution in [2.24, 2.45) is 7.05 Å². The molecule has 7 nitrogen and oxygen atoms in total. The molecule has 0 aromatic carbocycles. The van der Waals surface area contributed by atoms with E-state index in [9.17, 15) is 0 Å². The minimum Gasteiger partial charge on any atom is -0.368 e. The number of rotatable bonds is 2. The van der Waals surface area contributed by atoms with Gasteiger partial charge in [-0.25, -0.2) is 14.6 Å². The first-order valence-electron chi connectivity index (χ1n) is 6.84. The lowest BCUT2D eigenvalue weighted by Gasteiger charge is -2.31. The Morgan fingerprint density at radius 3 is 2.60 bits per heavy atom. The van der Waals surface area contributed by atoms with Crippen LogP contribution in [0.25, 0.3) is 0 Å². The number of nitrogen functional groups attached to an aromatic ring is 1. The third kappa shape index (κ3) is 2.43. The molecule has 0 radical (unpaired) electrons. The van der Waals surface area contributed by atoms with Gasteiger partial charge in [-0.1, -0.05) is 0 Å². The molecule has 3 rings (SSSR count). The molecule has 1 aliphatic heterocycles. The number of hydrogen-bond donors (Lipinski definition) is 1. The van der Waals surface area contributed by atoms with Crippen molar-refractivity contribution in [3.63, 3.8) is 0 Å². The smallest absolute Gasteiger partial charge is 0.223 e. The molecular weight excluding hydrogens is 254 g/mol. The predicted molar refractivity (Wildman–Crippen MR) is 76.4 cm³/mol. The second kappa shape index (κ2) is 5.07.